The molecule has 1 rings (SSSR count). The topological polar surface area (TPSA) is 32.6 Å². The van der Waals surface area contributed by atoms with Gasteiger partial charge in [0, 0.05) is 0 Å². The summed E-state index contributed by atoms with van der Waals surface area (Å²) in [6, 6.07) is 0. The first-order valence-electron chi connectivity index (χ1n) is 6.17. The third-order valence-electron chi connectivity index (χ3n) is 3.19. The van der Waals surface area contributed by atoms with Gasteiger partial charge in [0.05, 0.1) is 5.71 Å². The summed E-state index contributed by atoms with van der Waals surface area (Å²) in [7, 11) is 0. The maximum Gasteiger partial charge on any atom is 0.0828 e. The van der Waals surface area contributed by atoms with Crippen molar-refractivity contribution >= 4 is 5.71 Å². The summed E-state index contributed by atoms with van der Waals surface area (Å²) in [5.41, 5.74) is 3.17. The van der Waals surface area contributed by atoms with Crippen molar-refractivity contribution in [3.8, 4) is 0 Å². The van der Waals surface area contributed by atoms with Gasteiger partial charge in [-0.2, -0.15) is 0 Å². The van der Waals surface area contributed by atoms with Gasteiger partial charge in [-0.25, -0.2) is 0 Å². The van der Waals surface area contributed by atoms with E-state index >= 15 is 0 Å². The zero-order valence-corrected chi connectivity index (χ0v) is 11.2. The van der Waals surface area contributed by atoms with E-state index in [4.69, 9.17) is 5.21 Å². The summed E-state index contributed by atoms with van der Waals surface area (Å²) in [6.07, 6.45) is 10.2. The van der Waals surface area contributed by atoms with Crippen molar-refractivity contribution in [3.63, 3.8) is 0 Å². The Hall–Kier alpha value is -1.31. The molecule has 2 nitrogen and oxygen atoms in total. The molecule has 0 aliphatic heterocycles. The first-order valence-corrected chi connectivity index (χ1v) is 6.17. The van der Waals surface area contributed by atoms with Crippen LogP contribution in [0.3, 0.4) is 0 Å². The Kier molecular flexibility index (Phi) is 4.73. The zero-order chi connectivity index (χ0) is 12.9. The minimum atomic E-state index is 0.183. The third-order valence-corrected chi connectivity index (χ3v) is 3.19. The monoisotopic (exact) mass is 233 g/mol. The van der Waals surface area contributed by atoms with Gasteiger partial charge >= 0.3 is 0 Å². The van der Waals surface area contributed by atoms with Crippen LogP contribution in [-0.2, 0) is 0 Å². The van der Waals surface area contributed by atoms with Crippen LogP contribution in [0.5, 0.6) is 0 Å². The van der Waals surface area contributed by atoms with Crippen LogP contribution in [0, 0.1) is 5.41 Å². The molecule has 0 saturated heterocycles. The van der Waals surface area contributed by atoms with Crippen LogP contribution in [0.4, 0.5) is 0 Å². The number of rotatable bonds is 0. The van der Waals surface area contributed by atoms with Crippen molar-refractivity contribution in [1.29, 1.82) is 0 Å². The van der Waals surface area contributed by atoms with Crippen LogP contribution in [0.15, 0.2) is 41.1 Å². The molecule has 0 unspecified atom stereocenters. The van der Waals surface area contributed by atoms with Crippen LogP contribution in [0.1, 0.15) is 46.5 Å². The van der Waals surface area contributed by atoms with Crippen molar-refractivity contribution in [1.82, 2.24) is 0 Å². The van der Waals surface area contributed by atoms with Crippen LogP contribution in [-0.4, -0.2) is 10.9 Å². The Bertz CT molecular complexity index is 372. The molecule has 0 bridgehead atoms. The maximum atomic E-state index is 8.98. The molecule has 0 radical (unpaired) electrons. The van der Waals surface area contributed by atoms with Crippen LogP contribution < -0.4 is 0 Å². The first kappa shape index (κ1) is 13.8. The summed E-state index contributed by atoms with van der Waals surface area (Å²) in [6.45, 7) is 10.6. The molecule has 0 amide bonds. The van der Waals surface area contributed by atoms with E-state index in [9.17, 15) is 0 Å². The highest BCUT2D eigenvalue weighted by Crippen LogP contribution is 2.26. The lowest BCUT2D eigenvalue weighted by molar-refractivity contribution is 0.317. The lowest BCUT2D eigenvalue weighted by Crippen LogP contribution is -2.05. The molecule has 17 heavy (non-hydrogen) atoms. The van der Waals surface area contributed by atoms with Gasteiger partial charge in [-0.1, -0.05) is 49.4 Å². The molecule has 0 saturated carbocycles. The van der Waals surface area contributed by atoms with E-state index in [2.05, 4.69) is 50.7 Å². The summed E-state index contributed by atoms with van der Waals surface area (Å²) in [4.78, 5) is 0. The highest BCUT2D eigenvalue weighted by molar-refractivity contribution is 5.99. The quantitative estimate of drug-likeness (QED) is 0.373. The minimum Gasteiger partial charge on any atom is -0.411 e. The van der Waals surface area contributed by atoms with E-state index in [1.165, 1.54) is 5.57 Å². The normalized spacial score (nSPS) is 29.2. The molecule has 0 fully saturated rings. The molecule has 94 valence electrons. The zero-order valence-electron chi connectivity index (χ0n) is 11.2. The van der Waals surface area contributed by atoms with E-state index in [0.717, 1.165) is 37.0 Å². The predicted octanol–water partition coefficient (Wildman–Crippen LogP) is 4.48. The number of allylic oxidation sites excluding steroid dienone is 5. The van der Waals surface area contributed by atoms with E-state index < -0.39 is 0 Å². The summed E-state index contributed by atoms with van der Waals surface area (Å²) in [5, 5.41) is 12.3. The molecule has 1 N–H and O–H groups in total. The van der Waals surface area contributed by atoms with Crippen molar-refractivity contribution in [3.05, 3.63) is 36.0 Å². The smallest absolute Gasteiger partial charge is 0.0828 e. The average Bonchev–Trinajstić information content (AvgIpc) is 2.28. The second-order valence-corrected chi connectivity index (χ2v) is 5.50. The van der Waals surface area contributed by atoms with Gasteiger partial charge in [0.2, 0.25) is 0 Å². The van der Waals surface area contributed by atoms with Crippen LogP contribution in [0.25, 0.3) is 0 Å². The molecular weight excluding hydrogens is 210 g/mol. The second kappa shape index (κ2) is 5.85. The molecular formula is C15H23NO. The molecule has 0 atom stereocenters. The van der Waals surface area contributed by atoms with Crippen molar-refractivity contribution in [2.24, 2.45) is 10.6 Å². The lowest BCUT2D eigenvalue weighted by atomic mass is 9.87. The molecule has 0 aromatic carbocycles. The Morgan fingerprint density at radius 2 is 2.06 bits per heavy atom. The number of oxime groups is 1. The lowest BCUT2D eigenvalue weighted by Gasteiger charge is -2.18. The van der Waals surface area contributed by atoms with Gasteiger partial charge in [-0.3, -0.25) is 0 Å². The van der Waals surface area contributed by atoms with Crippen LogP contribution >= 0.6 is 0 Å². The fourth-order valence-corrected chi connectivity index (χ4v) is 1.86. The van der Waals surface area contributed by atoms with E-state index in [1.54, 1.807) is 0 Å². The highest BCUT2D eigenvalue weighted by atomic mass is 16.4. The molecule has 0 heterocycles. The SMILES string of the molecule is C=C1C/C=C\C(C)(C)C/C=C(\C)CC/C1=N\O. The molecule has 0 spiro atoms. The van der Waals surface area contributed by atoms with Gasteiger partial charge in [0.25, 0.3) is 0 Å². The Morgan fingerprint density at radius 3 is 2.71 bits per heavy atom. The van der Waals surface area contributed by atoms with E-state index in [-0.39, 0.29) is 5.41 Å². The van der Waals surface area contributed by atoms with E-state index in [0.29, 0.717) is 0 Å². The Labute approximate surface area is 104 Å². The molecule has 1 aliphatic rings. The largest absolute Gasteiger partial charge is 0.411 e. The first-order chi connectivity index (χ1) is 7.94. The van der Waals surface area contributed by atoms with Crippen molar-refractivity contribution < 1.29 is 5.21 Å². The average molecular weight is 233 g/mol. The van der Waals surface area contributed by atoms with Gasteiger partial charge < -0.3 is 5.21 Å². The predicted molar refractivity (Wildman–Crippen MR) is 73.5 cm³/mol. The summed E-state index contributed by atoms with van der Waals surface area (Å²) < 4.78 is 0. The highest BCUT2D eigenvalue weighted by Gasteiger charge is 2.13. The fourth-order valence-electron chi connectivity index (χ4n) is 1.86. The maximum absolute atomic E-state index is 8.98. The van der Waals surface area contributed by atoms with Gasteiger partial charge in [-0.15, -0.1) is 0 Å². The summed E-state index contributed by atoms with van der Waals surface area (Å²) in [5.74, 6) is 0. The number of nitrogens with zero attached hydrogens (tertiary/aromatic N) is 1. The van der Waals surface area contributed by atoms with Crippen molar-refractivity contribution in [2.75, 3.05) is 0 Å². The molecule has 1 aliphatic carbocycles. The summed E-state index contributed by atoms with van der Waals surface area (Å²) >= 11 is 0. The standard InChI is InChI=1S/C15H23NO/c1-12-7-8-14(16-17)13(2)6-5-10-15(3,4)11-9-12/h5,9-10,17H,2,6-8,11H2,1,3-4H3/b10-5-,12-9+,16-14+. The fraction of sp³-hybridized carbons (Fsp3) is 0.533. The third kappa shape index (κ3) is 4.59. The van der Waals surface area contributed by atoms with Gasteiger partial charge in [0.15, 0.2) is 0 Å². The van der Waals surface area contributed by atoms with Crippen LogP contribution in [0.2, 0.25) is 0 Å². The van der Waals surface area contributed by atoms with Crippen molar-refractivity contribution in [2.45, 2.75) is 46.5 Å². The molecule has 0 aromatic heterocycles. The number of hydrogen-bond acceptors (Lipinski definition) is 2. The molecule has 0 aromatic rings. The van der Waals surface area contributed by atoms with Gasteiger partial charge in [0.1, 0.15) is 0 Å². The Morgan fingerprint density at radius 1 is 1.35 bits per heavy atom. The van der Waals surface area contributed by atoms with Gasteiger partial charge in [-0.05, 0) is 43.6 Å². The Balaban J connectivity index is 2.91. The van der Waals surface area contributed by atoms with E-state index in [1.807, 2.05) is 0 Å². The number of hydrogen-bond donors (Lipinski definition) is 1. The second-order valence-electron chi connectivity index (χ2n) is 5.50. The minimum absolute atomic E-state index is 0.183. The molecule has 2 heteroatoms.